The molecule has 0 aliphatic rings. The van der Waals surface area contributed by atoms with Crippen LogP contribution in [0.2, 0.25) is 5.02 Å². The molecule has 0 aliphatic heterocycles. The van der Waals surface area contributed by atoms with E-state index in [2.05, 4.69) is 15.6 Å². The molecular formula is C10H11ClN4OS. The molecule has 0 unspecified atom stereocenters. The van der Waals surface area contributed by atoms with Crippen molar-refractivity contribution in [1.29, 1.82) is 0 Å². The molecule has 3 N–H and O–H groups in total. The fraction of sp³-hybridized carbons (Fsp3) is 0.200. The molecule has 0 bridgehead atoms. The Bertz CT molecular complexity index is 473. The van der Waals surface area contributed by atoms with E-state index in [1.807, 2.05) is 24.3 Å². The first-order chi connectivity index (χ1) is 8.28. The van der Waals surface area contributed by atoms with Gasteiger partial charge in [0.25, 0.3) is 0 Å². The average Bonchev–Trinajstić information content (AvgIpc) is 2.80. The zero-order valence-electron chi connectivity index (χ0n) is 8.89. The summed E-state index contributed by atoms with van der Waals surface area (Å²) in [5.74, 6) is 5.20. The van der Waals surface area contributed by atoms with Crippen molar-refractivity contribution in [2.24, 2.45) is 5.84 Å². The van der Waals surface area contributed by atoms with E-state index in [4.69, 9.17) is 22.2 Å². The summed E-state index contributed by atoms with van der Waals surface area (Å²) in [6, 6.07) is 7.52. The Hall–Kier alpha value is -1.21. The summed E-state index contributed by atoms with van der Waals surface area (Å²) in [6.07, 6.45) is 0. The lowest BCUT2D eigenvalue weighted by Gasteiger charge is -2.01. The number of nitrogens with two attached hydrogens (primary N) is 1. The highest BCUT2D eigenvalue weighted by Crippen LogP contribution is 2.15. The Kier molecular flexibility index (Phi) is 4.27. The lowest BCUT2D eigenvalue weighted by Crippen LogP contribution is -2.05. The summed E-state index contributed by atoms with van der Waals surface area (Å²) in [7, 11) is 0. The van der Waals surface area contributed by atoms with Crippen molar-refractivity contribution in [3.05, 3.63) is 39.9 Å². The lowest BCUT2D eigenvalue weighted by molar-refractivity contribution is 0.106. The molecule has 0 fully saturated rings. The largest absolute Gasteiger partial charge is 0.370 e. The van der Waals surface area contributed by atoms with Gasteiger partial charge < -0.3 is 4.74 Å². The molecule has 0 amide bonds. The predicted molar refractivity (Wildman–Crippen MR) is 67.7 cm³/mol. The quantitative estimate of drug-likeness (QED) is 0.644. The van der Waals surface area contributed by atoms with Gasteiger partial charge in [-0.25, -0.2) is 5.84 Å². The molecule has 1 aromatic carbocycles. The first kappa shape index (κ1) is 12.3. The second-order valence-corrected chi connectivity index (χ2v) is 4.76. The summed E-state index contributed by atoms with van der Waals surface area (Å²) in [4.78, 5) is 0. The zero-order chi connectivity index (χ0) is 12.1. The lowest BCUT2D eigenvalue weighted by atomic mass is 10.2. The Balaban J connectivity index is 1.81. The van der Waals surface area contributed by atoms with E-state index >= 15 is 0 Å². The summed E-state index contributed by atoms with van der Waals surface area (Å²) >= 11 is 7.15. The van der Waals surface area contributed by atoms with Gasteiger partial charge in [0.1, 0.15) is 11.6 Å². The smallest absolute Gasteiger partial charge is 0.219 e. The van der Waals surface area contributed by atoms with Gasteiger partial charge in [0.2, 0.25) is 5.13 Å². The first-order valence-electron chi connectivity index (χ1n) is 4.89. The number of ether oxygens (including phenoxy) is 1. The molecule has 0 aliphatic carbocycles. The fourth-order valence-electron chi connectivity index (χ4n) is 1.21. The number of hydrazine groups is 1. The number of benzene rings is 1. The number of hydrogen-bond donors (Lipinski definition) is 2. The van der Waals surface area contributed by atoms with Gasteiger partial charge in [0.05, 0.1) is 6.61 Å². The maximum Gasteiger partial charge on any atom is 0.219 e. The van der Waals surface area contributed by atoms with E-state index in [0.29, 0.717) is 18.3 Å². The Morgan fingerprint density at radius 3 is 2.65 bits per heavy atom. The summed E-state index contributed by atoms with van der Waals surface area (Å²) in [5.41, 5.74) is 3.50. The van der Waals surface area contributed by atoms with Crippen LogP contribution >= 0.6 is 22.9 Å². The van der Waals surface area contributed by atoms with Crippen molar-refractivity contribution in [2.45, 2.75) is 13.2 Å². The highest BCUT2D eigenvalue weighted by molar-refractivity contribution is 7.15. The van der Waals surface area contributed by atoms with Gasteiger partial charge in [0, 0.05) is 5.02 Å². The maximum absolute atomic E-state index is 5.78. The molecule has 90 valence electrons. The van der Waals surface area contributed by atoms with Gasteiger partial charge in [-0.05, 0) is 17.7 Å². The number of nitrogens with zero attached hydrogens (tertiary/aromatic N) is 2. The molecule has 1 aromatic heterocycles. The van der Waals surface area contributed by atoms with Crippen LogP contribution in [0, 0.1) is 0 Å². The monoisotopic (exact) mass is 270 g/mol. The summed E-state index contributed by atoms with van der Waals surface area (Å²) < 4.78 is 5.50. The molecule has 2 aromatic rings. The molecule has 0 saturated heterocycles. The van der Waals surface area contributed by atoms with Crippen LogP contribution in [-0.4, -0.2) is 10.2 Å². The molecular weight excluding hydrogens is 260 g/mol. The van der Waals surface area contributed by atoms with Crippen molar-refractivity contribution in [2.75, 3.05) is 5.43 Å². The molecule has 1 heterocycles. The SMILES string of the molecule is NNc1nnc(COCc2ccc(Cl)cc2)s1. The highest BCUT2D eigenvalue weighted by atomic mass is 35.5. The second-order valence-electron chi connectivity index (χ2n) is 3.26. The molecule has 7 heteroatoms. The van der Waals surface area contributed by atoms with Crippen molar-refractivity contribution in [3.8, 4) is 0 Å². The molecule has 2 rings (SSSR count). The Morgan fingerprint density at radius 1 is 1.24 bits per heavy atom. The highest BCUT2D eigenvalue weighted by Gasteiger charge is 2.02. The van der Waals surface area contributed by atoms with Gasteiger partial charge in [0.15, 0.2) is 0 Å². The van der Waals surface area contributed by atoms with Crippen LogP contribution in [0.1, 0.15) is 10.6 Å². The van der Waals surface area contributed by atoms with E-state index < -0.39 is 0 Å². The van der Waals surface area contributed by atoms with Crippen LogP contribution < -0.4 is 11.3 Å². The van der Waals surface area contributed by atoms with Crippen molar-refractivity contribution in [3.63, 3.8) is 0 Å². The number of aromatic nitrogens is 2. The number of hydrogen-bond acceptors (Lipinski definition) is 6. The Labute approximate surface area is 108 Å². The molecule has 17 heavy (non-hydrogen) atoms. The van der Waals surface area contributed by atoms with E-state index in [1.165, 1.54) is 11.3 Å². The number of rotatable bonds is 5. The predicted octanol–water partition coefficient (Wildman–Crippen LogP) is 2.19. The third-order valence-electron chi connectivity index (χ3n) is 2.00. The number of nitrogens with one attached hydrogen (secondary N) is 1. The fourth-order valence-corrected chi connectivity index (χ4v) is 1.92. The minimum absolute atomic E-state index is 0.419. The molecule has 0 atom stereocenters. The second kappa shape index (κ2) is 5.92. The Morgan fingerprint density at radius 2 is 2.00 bits per heavy atom. The standard InChI is InChI=1S/C10H11ClN4OS/c11-8-3-1-7(2-4-8)5-16-6-9-14-15-10(13-12)17-9/h1-4H,5-6,12H2,(H,13,15). The van der Waals surface area contributed by atoms with Gasteiger partial charge >= 0.3 is 0 Å². The maximum atomic E-state index is 5.78. The zero-order valence-corrected chi connectivity index (χ0v) is 10.5. The van der Waals surface area contributed by atoms with E-state index in [0.717, 1.165) is 15.6 Å². The number of nitrogen functional groups attached to an aromatic ring is 1. The molecule has 0 spiro atoms. The van der Waals surface area contributed by atoms with Crippen LogP contribution in [0.15, 0.2) is 24.3 Å². The first-order valence-corrected chi connectivity index (χ1v) is 6.08. The molecule has 0 saturated carbocycles. The van der Waals surface area contributed by atoms with Gasteiger partial charge in [-0.1, -0.05) is 35.1 Å². The third-order valence-corrected chi connectivity index (χ3v) is 3.08. The minimum Gasteiger partial charge on any atom is -0.370 e. The number of anilines is 1. The molecule has 5 nitrogen and oxygen atoms in total. The van der Waals surface area contributed by atoms with Gasteiger partial charge in [-0.15, -0.1) is 10.2 Å². The van der Waals surface area contributed by atoms with Crippen LogP contribution in [0.3, 0.4) is 0 Å². The normalized spacial score (nSPS) is 10.5. The van der Waals surface area contributed by atoms with E-state index in [9.17, 15) is 0 Å². The van der Waals surface area contributed by atoms with E-state index in [-0.39, 0.29) is 0 Å². The van der Waals surface area contributed by atoms with Crippen molar-refractivity contribution >= 4 is 28.1 Å². The van der Waals surface area contributed by atoms with Crippen LogP contribution in [0.4, 0.5) is 5.13 Å². The third kappa shape index (κ3) is 3.64. The van der Waals surface area contributed by atoms with Gasteiger partial charge in [-0.3, -0.25) is 5.43 Å². The van der Waals surface area contributed by atoms with Crippen molar-refractivity contribution in [1.82, 2.24) is 10.2 Å². The van der Waals surface area contributed by atoms with Gasteiger partial charge in [-0.2, -0.15) is 0 Å². The number of halogens is 1. The molecule has 0 radical (unpaired) electrons. The summed E-state index contributed by atoms with van der Waals surface area (Å²) in [5, 5.41) is 9.80. The van der Waals surface area contributed by atoms with Crippen LogP contribution in [-0.2, 0) is 18.0 Å². The minimum atomic E-state index is 0.419. The average molecular weight is 271 g/mol. The van der Waals surface area contributed by atoms with Crippen LogP contribution in [0.5, 0.6) is 0 Å². The van der Waals surface area contributed by atoms with Crippen LogP contribution in [0.25, 0.3) is 0 Å². The topological polar surface area (TPSA) is 73.1 Å². The summed E-state index contributed by atoms with van der Waals surface area (Å²) in [6.45, 7) is 0.935. The van der Waals surface area contributed by atoms with Crippen molar-refractivity contribution < 1.29 is 4.74 Å². The van der Waals surface area contributed by atoms with E-state index in [1.54, 1.807) is 0 Å².